The quantitative estimate of drug-likeness (QED) is 0.441. The lowest BCUT2D eigenvalue weighted by Crippen LogP contribution is -2.28. The molecule has 0 bridgehead atoms. The van der Waals surface area contributed by atoms with Gasteiger partial charge in [-0.3, -0.25) is 9.69 Å². The first kappa shape index (κ1) is 21.0. The van der Waals surface area contributed by atoms with Crippen LogP contribution in [-0.4, -0.2) is 36.3 Å². The average molecular weight is 417 g/mol. The zero-order valence-electron chi connectivity index (χ0n) is 16.1. The number of rotatable bonds is 10. The van der Waals surface area contributed by atoms with E-state index in [4.69, 9.17) is 4.74 Å². The Morgan fingerprint density at radius 1 is 1.21 bits per heavy atom. The van der Waals surface area contributed by atoms with Crippen molar-refractivity contribution in [2.45, 2.75) is 37.1 Å². The van der Waals surface area contributed by atoms with E-state index in [0.29, 0.717) is 12.4 Å². The van der Waals surface area contributed by atoms with Crippen LogP contribution in [0, 0.1) is 0 Å². The molecule has 28 heavy (non-hydrogen) atoms. The van der Waals surface area contributed by atoms with Gasteiger partial charge in [0, 0.05) is 28.1 Å². The van der Waals surface area contributed by atoms with E-state index < -0.39 is 0 Å². The summed E-state index contributed by atoms with van der Waals surface area (Å²) in [5.41, 5.74) is 0. The highest BCUT2D eigenvalue weighted by Crippen LogP contribution is 2.24. The maximum absolute atomic E-state index is 11.8. The normalized spacial score (nSPS) is 15.0. The minimum absolute atomic E-state index is 0.00575. The zero-order valence-corrected chi connectivity index (χ0v) is 17.8. The monoisotopic (exact) mass is 416 g/mol. The van der Waals surface area contributed by atoms with Gasteiger partial charge < -0.3 is 10.1 Å². The Morgan fingerprint density at radius 3 is 2.86 bits per heavy atom. The van der Waals surface area contributed by atoms with Gasteiger partial charge in [-0.2, -0.15) is 0 Å². The van der Waals surface area contributed by atoms with Gasteiger partial charge in [-0.15, -0.1) is 23.1 Å². The van der Waals surface area contributed by atoms with Crippen LogP contribution >= 0.6 is 23.1 Å². The predicted octanol–water partition coefficient (Wildman–Crippen LogP) is 4.93. The van der Waals surface area contributed by atoms with Crippen LogP contribution in [0.3, 0.4) is 0 Å². The smallest absolute Gasteiger partial charge is 0.234 e. The Hall–Kier alpha value is -1.76. The summed E-state index contributed by atoms with van der Waals surface area (Å²) >= 11 is 3.31. The minimum Gasteiger partial charge on any atom is -0.492 e. The Bertz CT molecular complexity index is 740. The number of amides is 1. The Kier molecular flexibility index (Phi) is 8.94. The maximum atomic E-state index is 11.8. The number of carbonyl (C=O) groups excluding carboxylic acids is 1. The van der Waals surface area contributed by atoms with E-state index in [1.54, 1.807) is 17.5 Å². The number of likely N-dealkylation sites (tertiary alicyclic amines) is 1. The second kappa shape index (κ2) is 11.9. The molecule has 0 aliphatic carbocycles. The first-order chi connectivity index (χ1) is 13.8. The fourth-order valence-electron chi connectivity index (χ4n) is 3.04. The van der Waals surface area contributed by atoms with E-state index >= 15 is 0 Å². The number of nitrogens with one attached hydrogen (secondary N) is 1. The third kappa shape index (κ3) is 7.70. The predicted molar refractivity (Wildman–Crippen MR) is 118 cm³/mol. The number of thiophene rings is 1. The molecule has 1 aliphatic heterocycles. The van der Waals surface area contributed by atoms with Crippen LogP contribution < -0.4 is 10.1 Å². The van der Waals surface area contributed by atoms with Crippen molar-refractivity contribution < 1.29 is 9.53 Å². The highest BCUT2D eigenvalue weighted by Gasteiger charge is 2.11. The molecule has 1 aromatic heterocycles. The molecule has 1 fully saturated rings. The molecule has 0 spiro atoms. The van der Waals surface area contributed by atoms with Crippen molar-refractivity contribution in [2.24, 2.45) is 0 Å². The summed E-state index contributed by atoms with van der Waals surface area (Å²) in [7, 11) is 0. The number of nitrogens with zero attached hydrogens (tertiary/aromatic N) is 1. The molecule has 3 rings (SSSR count). The molecule has 2 heterocycles. The molecule has 1 aliphatic rings. The number of hydrogen-bond acceptors (Lipinski definition) is 5. The second-order valence-electron chi connectivity index (χ2n) is 6.79. The average Bonchev–Trinajstić information content (AvgIpc) is 3.17. The lowest BCUT2D eigenvalue weighted by molar-refractivity contribution is -0.117. The van der Waals surface area contributed by atoms with Crippen molar-refractivity contribution in [3.8, 4) is 5.75 Å². The molecule has 1 saturated heterocycles. The van der Waals surface area contributed by atoms with Crippen molar-refractivity contribution in [2.75, 3.05) is 25.4 Å². The molecular formula is C22H28N2O2S2. The molecule has 0 radical (unpaired) electrons. The first-order valence-corrected chi connectivity index (χ1v) is 11.7. The van der Waals surface area contributed by atoms with Crippen molar-refractivity contribution in [1.82, 2.24) is 10.2 Å². The summed E-state index contributed by atoms with van der Waals surface area (Å²) in [6, 6.07) is 12.1. The summed E-state index contributed by atoms with van der Waals surface area (Å²) in [6.07, 6.45) is 8.43. The van der Waals surface area contributed by atoms with E-state index in [2.05, 4.69) is 21.7 Å². The fourth-order valence-corrected chi connectivity index (χ4v) is 4.62. The number of benzene rings is 1. The van der Waals surface area contributed by atoms with Gasteiger partial charge in [-0.25, -0.2) is 0 Å². The molecule has 0 saturated carbocycles. The molecule has 2 aromatic rings. The SMILES string of the molecule is O=C(CSc1ccccc1)N/C=C\CCOc1csc(CN2CCCCC2)c1. The number of carbonyl (C=O) groups is 1. The van der Waals surface area contributed by atoms with Crippen LogP contribution in [-0.2, 0) is 11.3 Å². The summed E-state index contributed by atoms with van der Waals surface area (Å²) in [4.78, 5) is 16.8. The van der Waals surface area contributed by atoms with Gasteiger partial charge in [-0.05, 0) is 50.3 Å². The van der Waals surface area contributed by atoms with E-state index in [-0.39, 0.29) is 5.91 Å². The molecule has 1 N–H and O–H groups in total. The van der Waals surface area contributed by atoms with Gasteiger partial charge in [0.25, 0.3) is 0 Å². The summed E-state index contributed by atoms with van der Waals surface area (Å²) < 4.78 is 5.81. The van der Waals surface area contributed by atoms with Gasteiger partial charge in [0.15, 0.2) is 0 Å². The zero-order chi connectivity index (χ0) is 19.4. The highest BCUT2D eigenvalue weighted by atomic mass is 32.2. The lowest BCUT2D eigenvalue weighted by Gasteiger charge is -2.25. The fraction of sp³-hybridized carbons (Fsp3) is 0.409. The van der Waals surface area contributed by atoms with Crippen LogP contribution in [0.5, 0.6) is 5.75 Å². The van der Waals surface area contributed by atoms with Gasteiger partial charge >= 0.3 is 0 Å². The molecule has 1 aromatic carbocycles. The van der Waals surface area contributed by atoms with Gasteiger partial charge in [0.2, 0.25) is 5.91 Å². The molecule has 6 heteroatoms. The Morgan fingerprint density at radius 2 is 2.04 bits per heavy atom. The Labute approximate surface area is 176 Å². The first-order valence-electron chi connectivity index (χ1n) is 9.84. The highest BCUT2D eigenvalue weighted by molar-refractivity contribution is 8.00. The maximum Gasteiger partial charge on any atom is 0.234 e. The van der Waals surface area contributed by atoms with Crippen LogP contribution in [0.1, 0.15) is 30.6 Å². The summed E-state index contributed by atoms with van der Waals surface area (Å²) in [6.45, 7) is 4.09. The topological polar surface area (TPSA) is 41.6 Å². The number of hydrogen-bond donors (Lipinski definition) is 1. The number of ether oxygens (including phenoxy) is 1. The van der Waals surface area contributed by atoms with Gasteiger partial charge in [0.1, 0.15) is 5.75 Å². The van der Waals surface area contributed by atoms with Crippen LogP contribution in [0.4, 0.5) is 0 Å². The third-order valence-electron chi connectivity index (χ3n) is 4.49. The van der Waals surface area contributed by atoms with Crippen molar-refractivity contribution in [1.29, 1.82) is 0 Å². The minimum atomic E-state index is 0.00575. The molecule has 1 amide bonds. The second-order valence-corrected chi connectivity index (χ2v) is 8.84. The molecular weight excluding hydrogens is 388 g/mol. The molecule has 0 atom stereocenters. The largest absolute Gasteiger partial charge is 0.492 e. The third-order valence-corrected chi connectivity index (χ3v) is 6.40. The standard InChI is InChI=1S/C22H28N2O2S2/c25-22(18-28-20-9-3-1-4-10-20)23-11-5-8-14-26-19-15-21(27-17-19)16-24-12-6-2-7-13-24/h1,3-5,9-11,15,17H,2,6-8,12-14,16,18H2,(H,23,25)/b11-5-. The number of thioether (sulfide) groups is 1. The van der Waals surface area contributed by atoms with Gasteiger partial charge in [-0.1, -0.05) is 30.7 Å². The summed E-state index contributed by atoms with van der Waals surface area (Å²) in [5, 5.41) is 4.89. The molecule has 150 valence electrons. The van der Waals surface area contributed by atoms with Crippen molar-refractivity contribution in [3.63, 3.8) is 0 Å². The van der Waals surface area contributed by atoms with Crippen LogP contribution in [0.2, 0.25) is 0 Å². The van der Waals surface area contributed by atoms with E-state index in [1.165, 1.54) is 49.0 Å². The van der Waals surface area contributed by atoms with Gasteiger partial charge in [0.05, 0.1) is 12.4 Å². The van der Waals surface area contributed by atoms with E-state index in [0.717, 1.165) is 23.6 Å². The summed E-state index contributed by atoms with van der Waals surface area (Å²) in [5.74, 6) is 1.37. The van der Waals surface area contributed by atoms with Crippen molar-refractivity contribution >= 4 is 29.0 Å². The van der Waals surface area contributed by atoms with E-state index in [9.17, 15) is 4.79 Å². The van der Waals surface area contributed by atoms with Crippen LogP contribution in [0.15, 0.2) is 58.9 Å². The van der Waals surface area contributed by atoms with Crippen molar-refractivity contribution in [3.05, 3.63) is 58.9 Å². The van der Waals surface area contributed by atoms with Crippen LogP contribution in [0.25, 0.3) is 0 Å². The van der Waals surface area contributed by atoms with E-state index in [1.807, 2.05) is 36.4 Å². The number of piperidine rings is 1. The lowest BCUT2D eigenvalue weighted by atomic mass is 10.1. The molecule has 4 nitrogen and oxygen atoms in total. The molecule has 0 unspecified atom stereocenters. The Balaban J connectivity index is 1.26.